The number of fused-ring (bicyclic) bond motifs is 1. The molecule has 3 aromatic heterocycles. The molecule has 0 spiro atoms. The highest BCUT2D eigenvalue weighted by atomic mass is 32.1. The molecule has 4 aromatic rings. The lowest BCUT2D eigenvalue weighted by Gasteiger charge is -2.04. The second-order valence-corrected chi connectivity index (χ2v) is 6.53. The summed E-state index contributed by atoms with van der Waals surface area (Å²) in [6.45, 7) is 2.05. The highest BCUT2D eigenvalue weighted by molar-refractivity contribution is 7.13. The van der Waals surface area contributed by atoms with Gasteiger partial charge in [-0.2, -0.15) is 0 Å². The van der Waals surface area contributed by atoms with E-state index in [1.165, 1.54) is 16.9 Å². The van der Waals surface area contributed by atoms with Gasteiger partial charge in [-0.1, -0.05) is 29.8 Å². The van der Waals surface area contributed by atoms with Crippen molar-refractivity contribution in [1.82, 2.24) is 19.4 Å². The van der Waals surface area contributed by atoms with E-state index in [1.54, 1.807) is 29.2 Å². The summed E-state index contributed by atoms with van der Waals surface area (Å²) in [7, 11) is 0. The molecular weight excluding hydrogens is 334 g/mol. The SMILES string of the molecule is Cc1ccc(-c2nc(CC(=O)Nc3nccn4ccnc34)cs2)cc1. The summed E-state index contributed by atoms with van der Waals surface area (Å²) in [6.07, 6.45) is 7.09. The van der Waals surface area contributed by atoms with Crippen LogP contribution in [0.25, 0.3) is 16.2 Å². The fourth-order valence-electron chi connectivity index (χ4n) is 2.50. The lowest BCUT2D eigenvalue weighted by Crippen LogP contribution is -2.16. The third-order valence-corrected chi connectivity index (χ3v) is 4.70. The average Bonchev–Trinajstić information content (AvgIpc) is 3.25. The lowest BCUT2D eigenvalue weighted by molar-refractivity contribution is -0.115. The number of carbonyl (C=O) groups is 1. The molecule has 4 rings (SSSR count). The Morgan fingerprint density at radius 1 is 1.16 bits per heavy atom. The number of benzene rings is 1. The minimum Gasteiger partial charge on any atom is -0.307 e. The number of amides is 1. The van der Waals surface area contributed by atoms with Gasteiger partial charge in [0.2, 0.25) is 5.91 Å². The molecule has 0 saturated carbocycles. The van der Waals surface area contributed by atoms with Crippen LogP contribution in [0.4, 0.5) is 5.82 Å². The van der Waals surface area contributed by atoms with Crippen LogP contribution in [-0.2, 0) is 11.2 Å². The zero-order valence-corrected chi connectivity index (χ0v) is 14.3. The van der Waals surface area contributed by atoms with Crippen LogP contribution in [-0.4, -0.2) is 25.3 Å². The molecule has 1 N–H and O–H groups in total. The first-order valence-corrected chi connectivity index (χ1v) is 8.66. The minimum absolute atomic E-state index is 0.163. The molecule has 0 aliphatic rings. The second-order valence-electron chi connectivity index (χ2n) is 5.67. The van der Waals surface area contributed by atoms with Gasteiger partial charge in [0.15, 0.2) is 11.5 Å². The standard InChI is InChI=1S/C18H15N5OS/c1-12-2-4-13(5-3-12)18-21-14(11-25-18)10-15(24)22-16-17-20-7-9-23(17)8-6-19-16/h2-9,11H,10H2,1H3,(H,19,22,24). The van der Waals surface area contributed by atoms with E-state index >= 15 is 0 Å². The Bertz CT molecular complexity index is 1040. The van der Waals surface area contributed by atoms with Gasteiger partial charge in [-0.15, -0.1) is 11.3 Å². The molecule has 0 bridgehead atoms. The third-order valence-electron chi connectivity index (χ3n) is 3.76. The first-order valence-electron chi connectivity index (χ1n) is 7.78. The summed E-state index contributed by atoms with van der Waals surface area (Å²) >= 11 is 1.54. The zero-order valence-electron chi connectivity index (χ0n) is 13.5. The topological polar surface area (TPSA) is 72.2 Å². The number of hydrogen-bond donors (Lipinski definition) is 1. The fourth-order valence-corrected chi connectivity index (χ4v) is 3.33. The quantitative estimate of drug-likeness (QED) is 0.613. The lowest BCUT2D eigenvalue weighted by atomic mass is 10.2. The molecule has 7 heteroatoms. The summed E-state index contributed by atoms with van der Waals surface area (Å²) in [5.41, 5.74) is 3.63. The van der Waals surface area contributed by atoms with Crippen LogP contribution >= 0.6 is 11.3 Å². The van der Waals surface area contributed by atoms with Gasteiger partial charge >= 0.3 is 0 Å². The summed E-state index contributed by atoms with van der Waals surface area (Å²) in [5.74, 6) is 0.288. The number of aromatic nitrogens is 4. The van der Waals surface area contributed by atoms with Crippen molar-refractivity contribution in [2.24, 2.45) is 0 Å². The Morgan fingerprint density at radius 3 is 2.72 bits per heavy atom. The van der Waals surface area contributed by atoms with Crippen molar-refractivity contribution in [1.29, 1.82) is 0 Å². The number of rotatable bonds is 4. The predicted molar refractivity (Wildman–Crippen MR) is 97.6 cm³/mol. The Morgan fingerprint density at radius 2 is 1.92 bits per heavy atom. The monoisotopic (exact) mass is 349 g/mol. The number of imidazole rings is 1. The largest absolute Gasteiger partial charge is 0.307 e. The van der Waals surface area contributed by atoms with E-state index in [0.29, 0.717) is 11.5 Å². The molecule has 0 unspecified atom stereocenters. The number of anilines is 1. The van der Waals surface area contributed by atoms with Gasteiger partial charge in [-0.3, -0.25) is 4.79 Å². The summed E-state index contributed by atoms with van der Waals surface area (Å²) < 4.78 is 1.81. The van der Waals surface area contributed by atoms with Gasteiger partial charge in [0.25, 0.3) is 0 Å². The molecule has 6 nitrogen and oxygen atoms in total. The summed E-state index contributed by atoms with van der Waals surface area (Å²) in [6, 6.07) is 8.20. The van der Waals surface area contributed by atoms with Gasteiger partial charge in [0.1, 0.15) is 5.01 Å². The number of carbonyl (C=O) groups excluding carboxylic acids is 1. The van der Waals surface area contributed by atoms with E-state index in [1.807, 2.05) is 17.5 Å². The van der Waals surface area contributed by atoms with Gasteiger partial charge < -0.3 is 9.72 Å². The molecule has 1 amide bonds. The molecule has 0 aliphatic heterocycles. The molecule has 124 valence electrons. The van der Waals surface area contributed by atoms with Crippen LogP contribution < -0.4 is 5.32 Å². The normalized spacial score (nSPS) is 10.9. The van der Waals surface area contributed by atoms with Crippen LogP contribution in [0.2, 0.25) is 0 Å². The summed E-state index contributed by atoms with van der Waals surface area (Å²) in [4.78, 5) is 25.3. The van der Waals surface area contributed by atoms with E-state index in [9.17, 15) is 4.79 Å². The Kier molecular flexibility index (Phi) is 3.99. The van der Waals surface area contributed by atoms with Crippen molar-refractivity contribution < 1.29 is 4.79 Å². The number of aryl methyl sites for hydroxylation is 1. The van der Waals surface area contributed by atoms with Crippen molar-refractivity contribution in [3.63, 3.8) is 0 Å². The van der Waals surface area contributed by atoms with Crippen LogP contribution in [0, 0.1) is 6.92 Å². The van der Waals surface area contributed by atoms with Crippen LogP contribution in [0.5, 0.6) is 0 Å². The van der Waals surface area contributed by atoms with Crippen molar-refractivity contribution in [3.8, 4) is 10.6 Å². The molecule has 0 radical (unpaired) electrons. The molecule has 1 aromatic carbocycles. The van der Waals surface area contributed by atoms with Crippen LogP contribution in [0.3, 0.4) is 0 Å². The molecule has 0 aliphatic carbocycles. The predicted octanol–water partition coefficient (Wildman–Crippen LogP) is 3.34. The fraction of sp³-hybridized carbons (Fsp3) is 0.111. The maximum atomic E-state index is 12.3. The smallest absolute Gasteiger partial charge is 0.231 e. The van der Waals surface area contributed by atoms with Gasteiger partial charge in [-0.25, -0.2) is 15.0 Å². The van der Waals surface area contributed by atoms with Gasteiger partial charge in [0, 0.05) is 35.7 Å². The van der Waals surface area contributed by atoms with E-state index in [4.69, 9.17) is 0 Å². The maximum absolute atomic E-state index is 12.3. The summed E-state index contributed by atoms with van der Waals surface area (Å²) in [5, 5.41) is 5.64. The highest BCUT2D eigenvalue weighted by Crippen LogP contribution is 2.24. The molecule has 0 saturated heterocycles. The Hall–Kier alpha value is -3.06. The van der Waals surface area contributed by atoms with Crippen molar-refractivity contribution in [2.75, 3.05) is 5.32 Å². The van der Waals surface area contributed by atoms with Crippen LogP contribution in [0.15, 0.2) is 54.4 Å². The molecule has 0 atom stereocenters. The van der Waals surface area contributed by atoms with Crippen molar-refractivity contribution in [2.45, 2.75) is 13.3 Å². The maximum Gasteiger partial charge on any atom is 0.231 e. The van der Waals surface area contributed by atoms with E-state index in [-0.39, 0.29) is 12.3 Å². The number of hydrogen-bond acceptors (Lipinski definition) is 5. The van der Waals surface area contributed by atoms with Crippen molar-refractivity contribution >= 4 is 28.7 Å². The van der Waals surface area contributed by atoms with Gasteiger partial charge in [-0.05, 0) is 6.92 Å². The molecular formula is C18H15N5OS. The minimum atomic E-state index is -0.163. The first-order chi connectivity index (χ1) is 12.2. The molecule has 3 heterocycles. The van der Waals surface area contributed by atoms with E-state index in [2.05, 4.69) is 39.3 Å². The van der Waals surface area contributed by atoms with Crippen LogP contribution in [0.1, 0.15) is 11.3 Å². The Balaban J connectivity index is 1.48. The van der Waals surface area contributed by atoms with E-state index in [0.717, 1.165) is 16.3 Å². The second kappa shape index (κ2) is 6.45. The van der Waals surface area contributed by atoms with Gasteiger partial charge in [0.05, 0.1) is 12.1 Å². The zero-order chi connectivity index (χ0) is 17.2. The average molecular weight is 349 g/mol. The Labute approximate surface area is 148 Å². The third kappa shape index (κ3) is 3.27. The molecule has 25 heavy (non-hydrogen) atoms. The number of nitrogens with one attached hydrogen (secondary N) is 1. The molecule has 0 fully saturated rings. The number of nitrogens with zero attached hydrogens (tertiary/aromatic N) is 4. The van der Waals surface area contributed by atoms with Crippen molar-refractivity contribution in [3.05, 3.63) is 65.7 Å². The van der Waals surface area contributed by atoms with E-state index < -0.39 is 0 Å². The highest BCUT2D eigenvalue weighted by Gasteiger charge is 2.12. The first kappa shape index (κ1) is 15.5. The number of thiazole rings is 1.